The third kappa shape index (κ3) is 4.04. The van der Waals surface area contributed by atoms with Crippen molar-refractivity contribution in [2.75, 3.05) is 26.2 Å². The molecule has 0 unspecified atom stereocenters. The predicted octanol–water partition coefficient (Wildman–Crippen LogP) is 2.80. The highest BCUT2D eigenvalue weighted by molar-refractivity contribution is 5.77. The van der Waals surface area contributed by atoms with E-state index in [-0.39, 0.29) is 0 Å². The van der Waals surface area contributed by atoms with Crippen molar-refractivity contribution in [3.05, 3.63) is 36.2 Å². The third-order valence-corrected chi connectivity index (χ3v) is 5.85. The molecule has 1 saturated heterocycles. The van der Waals surface area contributed by atoms with Gasteiger partial charge in [-0.05, 0) is 54.9 Å². The van der Waals surface area contributed by atoms with Crippen molar-refractivity contribution >= 4 is 16.9 Å². The van der Waals surface area contributed by atoms with Crippen molar-refractivity contribution in [2.45, 2.75) is 38.5 Å². The number of hydrogen-bond donors (Lipinski definition) is 1. The second-order valence-corrected chi connectivity index (χ2v) is 7.81. The maximum absolute atomic E-state index is 12.8. The summed E-state index contributed by atoms with van der Waals surface area (Å²) in [5, 5.41) is 3.51. The van der Waals surface area contributed by atoms with Crippen LogP contribution >= 0.6 is 0 Å². The summed E-state index contributed by atoms with van der Waals surface area (Å²) in [7, 11) is 0. The molecule has 1 aliphatic carbocycles. The van der Waals surface area contributed by atoms with Gasteiger partial charge >= 0.3 is 0 Å². The number of aromatic nitrogens is 2. The molecule has 0 radical (unpaired) electrons. The maximum atomic E-state index is 12.8. The number of rotatable bonds is 4. The minimum atomic E-state index is 0.350. The topological polar surface area (TPSA) is 58.1 Å². The lowest BCUT2D eigenvalue weighted by Crippen LogP contribution is -2.37. The van der Waals surface area contributed by atoms with Crippen LogP contribution in [0.4, 0.5) is 0 Å². The van der Waals surface area contributed by atoms with Crippen LogP contribution in [0.1, 0.15) is 37.7 Å². The quantitative estimate of drug-likeness (QED) is 0.919. The Kier molecular flexibility index (Phi) is 5.44. The number of nitrogens with one attached hydrogen (secondary N) is 1. The largest absolute Gasteiger partial charge is 0.341 e. The average Bonchev–Trinajstić information content (AvgIpc) is 3.06. The SMILES string of the molecule is O=C(CC1CCCC1)N1CCNC[C@H](Cc2ccnc3cccnc23)C1. The number of nitrogens with zero attached hydrogens (tertiary/aromatic N) is 3. The van der Waals surface area contributed by atoms with E-state index in [1.54, 1.807) is 0 Å². The number of hydrogen-bond acceptors (Lipinski definition) is 4. The van der Waals surface area contributed by atoms with E-state index in [2.05, 4.69) is 26.3 Å². The minimum absolute atomic E-state index is 0.350. The van der Waals surface area contributed by atoms with E-state index < -0.39 is 0 Å². The zero-order valence-corrected chi connectivity index (χ0v) is 15.4. The second kappa shape index (κ2) is 8.12. The van der Waals surface area contributed by atoms with Crippen molar-refractivity contribution in [3.8, 4) is 0 Å². The van der Waals surface area contributed by atoms with Crippen molar-refractivity contribution in [2.24, 2.45) is 11.8 Å². The molecule has 5 nitrogen and oxygen atoms in total. The van der Waals surface area contributed by atoms with Crippen molar-refractivity contribution in [1.29, 1.82) is 0 Å². The van der Waals surface area contributed by atoms with Crippen LogP contribution in [0.2, 0.25) is 0 Å². The lowest BCUT2D eigenvalue weighted by atomic mass is 9.97. The molecule has 138 valence electrons. The lowest BCUT2D eigenvalue weighted by molar-refractivity contribution is -0.132. The summed E-state index contributed by atoms with van der Waals surface area (Å²) >= 11 is 0. The number of pyridine rings is 2. The Morgan fingerprint density at radius 1 is 1.15 bits per heavy atom. The Morgan fingerprint density at radius 3 is 2.92 bits per heavy atom. The molecule has 1 aliphatic heterocycles. The van der Waals surface area contributed by atoms with Crippen LogP contribution in [0.15, 0.2) is 30.6 Å². The summed E-state index contributed by atoms with van der Waals surface area (Å²) in [5.74, 6) is 1.38. The summed E-state index contributed by atoms with van der Waals surface area (Å²) < 4.78 is 0. The van der Waals surface area contributed by atoms with E-state index >= 15 is 0 Å². The van der Waals surface area contributed by atoms with Gasteiger partial charge in [-0.25, -0.2) is 0 Å². The standard InChI is InChI=1S/C21H28N4O/c26-20(13-16-4-1-2-5-16)25-11-10-22-14-17(15-25)12-18-7-9-23-19-6-3-8-24-21(18)19/h3,6-9,16-17,22H,1-2,4-5,10-15H2/t17-/m0/s1. The first kappa shape index (κ1) is 17.4. The molecule has 2 aliphatic rings. The predicted molar refractivity (Wildman–Crippen MR) is 103 cm³/mol. The highest BCUT2D eigenvalue weighted by atomic mass is 16.2. The van der Waals surface area contributed by atoms with Crippen LogP contribution in [0.25, 0.3) is 11.0 Å². The smallest absolute Gasteiger partial charge is 0.222 e. The Bertz CT molecular complexity index is 751. The van der Waals surface area contributed by atoms with Gasteiger partial charge in [-0.3, -0.25) is 14.8 Å². The maximum Gasteiger partial charge on any atom is 0.222 e. The first-order chi connectivity index (χ1) is 12.8. The van der Waals surface area contributed by atoms with Gasteiger partial charge in [0.05, 0.1) is 11.0 Å². The van der Waals surface area contributed by atoms with Gasteiger partial charge in [0.15, 0.2) is 0 Å². The molecular weight excluding hydrogens is 324 g/mol. The average molecular weight is 352 g/mol. The number of carbonyl (C=O) groups excluding carboxylic acids is 1. The Hall–Kier alpha value is -2.01. The van der Waals surface area contributed by atoms with Gasteiger partial charge in [-0.15, -0.1) is 0 Å². The fourth-order valence-electron chi connectivity index (χ4n) is 4.45. The lowest BCUT2D eigenvalue weighted by Gasteiger charge is -2.25. The van der Waals surface area contributed by atoms with Crippen LogP contribution in [-0.4, -0.2) is 47.0 Å². The van der Waals surface area contributed by atoms with Gasteiger partial charge in [0.25, 0.3) is 0 Å². The summed E-state index contributed by atoms with van der Waals surface area (Å²) in [6.07, 6.45) is 10.4. The summed E-state index contributed by atoms with van der Waals surface area (Å²) in [6.45, 7) is 3.51. The van der Waals surface area contributed by atoms with Crippen LogP contribution < -0.4 is 5.32 Å². The Labute approximate surface area is 155 Å². The van der Waals surface area contributed by atoms with E-state index in [0.717, 1.165) is 50.1 Å². The molecular formula is C21H28N4O. The number of carbonyl (C=O) groups is 1. The van der Waals surface area contributed by atoms with Crippen LogP contribution in [0.5, 0.6) is 0 Å². The van der Waals surface area contributed by atoms with E-state index in [0.29, 0.717) is 17.7 Å². The Balaban J connectivity index is 1.44. The van der Waals surface area contributed by atoms with Crippen molar-refractivity contribution < 1.29 is 4.79 Å². The zero-order chi connectivity index (χ0) is 17.8. The Morgan fingerprint density at radius 2 is 2.04 bits per heavy atom. The molecule has 26 heavy (non-hydrogen) atoms. The molecule has 0 bridgehead atoms. The first-order valence-electron chi connectivity index (χ1n) is 9.96. The summed E-state index contributed by atoms with van der Waals surface area (Å²) in [4.78, 5) is 23.8. The molecule has 1 N–H and O–H groups in total. The molecule has 5 heteroatoms. The number of fused-ring (bicyclic) bond motifs is 1. The number of amides is 1. The molecule has 1 saturated carbocycles. The van der Waals surface area contributed by atoms with E-state index in [1.807, 2.05) is 24.5 Å². The first-order valence-corrected chi connectivity index (χ1v) is 9.96. The molecule has 2 aromatic heterocycles. The van der Waals surface area contributed by atoms with Crippen molar-refractivity contribution in [3.63, 3.8) is 0 Å². The molecule has 2 fully saturated rings. The van der Waals surface area contributed by atoms with Crippen molar-refractivity contribution in [1.82, 2.24) is 20.2 Å². The van der Waals surface area contributed by atoms with Gasteiger partial charge in [-0.1, -0.05) is 12.8 Å². The third-order valence-electron chi connectivity index (χ3n) is 5.85. The summed E-state index contributed by atoms with van der Waals surface area (Å²) in [5.41, 5.74) is 3.16. The molecule has 1 amide bonds. The summed E-state index contributed by atoms with van der Waals surface area (Å²) in [6, 6.07) is 6.01. The van der Waals surface area contributed by atoms with Gasteiger partial charge < -0.3 is 10.2 Å². The van der Waals surface area contributed by atoms with Gasteiger partial charge in [-0.2, -0.15) is 0 Å². The fourth-order valence-corrected chi connectivity index (χ4v) is 4.45. The molecule has 2 aromatic rings. The van der Waals surface area contributed by atoms with Crippen LogP contribution in [0.3, 0.4) is 0 Å². The monoisotopic (exact) mass is 352 g/mol. The molecule has 0 aromatic carbocycles. The van der Waals surface area contributed by atoms with Gasteiger partial charge in [0.2, 0.25) is 5.91 Å². The molecule has 4 rings (SSSR count). The highest BCUT2D eigenvalue weighted by Crippen LogP contribution is 2.28. The van der Waals surface area contributed by atoms with E-state index in [4.69, 9.17) is 0 Å². The fraction of sp³-hybridized carbons (Fsp3) is 0.571. The van der Waals surface area contributed by atoms with Gasteiger partial charge in [0.1, 0.15) is 0 Å². The van der Waals surface area contributed by atoms with E-state index in [9.17, 15) is 4.79 Å². The minimum Gasteiger partial charge on any atom is -0.341 e. The molecule has 0 spiro atoms. The highest BCUT2D eigenvalue weighted by Gasteiger charge is 2.26. The molecule has 1 atom stereocenters. The zero-order valence-electron chi connectivity index (χ0n) is 15.4. The molecule has 3 heterocycles. The van der Waals surface area contributed by atoms with Crippen LogP contribution in [0, 0.1) is 11.8 Å². The van der Waals surface area contributed by atoms with Gasteiger partial charge in [0, 0.05) is 45.0 Å². The van der Waals surface area contributed by atoms with E-state index in [1.165, 1.54) is 31.2 Å². The normalized spacial score (nSPS) is 21.8. The second-order valence-electron chi connectivity index (χ2n) is 7.81. The van der Waals surface area contributed by atoms with Crippen LogP contribution in [-0.2, 0) is 11.2 Å².